The van der Waals surface area contributed by atoms with E-state index in [0.717, 1.165) is 0 Å². The SMILES string of the molecule is [O-2].[O-2].[O-2].[Pr+3].[Pr+3]. The van der Waals surface area contributed by atoms with Crippen LogP contribution in [-0.2, 0) is 16.4 Å². The summed E-state index contributed by atoms with van der Waals surface area (Å²) in [4.78, 5) is 0. The normalized spacial score (nSPS) is 0. The van der Waals surface area contributed by atoms with Crippen LogP contribution in [0.4, 0.5) is 0 Å². The van der Waals surface area contributed by atoms with E-state index in [1.165, 1.54) is 0 Å². The first-order valence-corrected chi connectivity index (χ1v) is 0. The minimum atomic E-state index is 0. The molecule has 5 heavy (non-hydrogen) atoms. The van der Waals surface area contributed by atoms with Crippen LogP contribution < -0.4 is 0 Å². The van der Waals surface area contributed by atoms with Gasteiger partial charge in [0.25, 0.3) is 0 Å². The molecule has 24 valence electrons. The maximum Gasteiger partial charge on any atom is 3.00 e. The van der Waals surface area contributed by atoms with Crippen molar-refractivity contribution in [3.63, 3.8) is 0 Å². The van der Waals surface area contributed by atoms with Gasteiger partial charge in [-0.25, -0.2) is 0 Å². The van der Waals surface area contributed by atoms with Gasteiger partial charge in [-0.05, 0) is 0 Å². The molecule has 0 amide bonds. The number of hydrogen-bond donors (Lipinski definition) is 0. The summed E-state index contributed by atoms with van der Waals surface area (Å²) in [5.74, 6) is 0. The Morgan fingerprint density at radius 3 is 0.400 bits per heavy atom. The molecule has 0 N–H and O–H groups in total. The summed E-state index contributed by atoms with van der Waals surface area (Å²) in [6.45, 7) is 0. The van der Waals surface area contributed by atoms with Crippen molar-refractivity contribution in [2.45, 2.75) is 0 Å². The van der Waals surface area contributed by atoms with Gasteiger partial charge in [-0.2, -0.15) is 0 Å². The second-order valence-electron chi connectivity index (χ2n) is 0. The van der Waals surface area contributed by atoms with E-state index < -0.39 is 0 Å². The number of rotatable bonds is 0. The van der Waals surface area contributed by atoms with Gasteiger partial charge in [0.05, 0.1) is 0 Å². The van der Waals surface area contributed by atoms with Gasteiger partial charge in [0.1, 0.15) is 0 Å². The molecule has 0 saturated heterocycles. The summed E-state index contributed by atoms with van der Waals surface area (Å²) >= 11 is 0. The molecule has 0 aromatic rings. The van der Waals surface area contributed by atoms with Crippen LogP contribution in [0.15, 0.2) is 0 Å². The third-order valence-electron chi connectivity index (χ3n) is 0. The van der Waals surface area contributed by atoms with Crippen LogP contribution in [0, 0.1) is 82.6 Å². The van der Waals surface area contributed by atoms with E-state index in [4.69, 9.17) is 0 Å². The summed E-state index contributed by atoms with van der Waals surface area (Å²) in [6, 6.07) is 0. The largest absolute Gasteiger partial charge is 3.00 e. The van der Waals surface area contributed by atoms with Crippen molar-refractivity contribution in [1.82, 2.24) is 0 Å². The van der Waals surface area contributed by atoms with Gasteiger partial charge in [-0.3, -0.25) is 0 Å². The topological polar surface area (TPSA) is 85.5 Å². The predicted molar refractivity (Wildman–Crippen MR) is 2.06 cm³/mol. The Bertz CT molecular complexity index is 4.85. The van der Waals surface area contributed by atoms with Crippen LogP contribution in [-0.4, -0.2) is 0 Å². The van der Waals surface area contributed by atoms with Crippen LogP contribution in [0.2, 0.25) is 0 Å². The fourth-order valence-corrected chi connectivity index (χ4v) is 0. The molecule has 0 aliphatic rings. The molecule has 0 aromatic carbocycles. The molecule has 5 heteroatoms. The smallest absolute Gasteiger partial charge is 2.00 e. The van der Waals surface area contributed by atoms with Gasteiger partial charge in [0.15, 0.2) is 0 Å². The molecule has 0 heterocycles. The average Bonchev–Trinajstić information content (AvgIpc) is 0. The molecule has 0 fully saturated rings. The van der Waals surface area contributed by atoms with E-state index in [0.29, 0.717) is 0 Å². The fraction of sp³-hybridized carbons (Fsp3) is 0. The fourth-order valence-electron chi connectivity index (χ4n) is 0. The Labute approximate surface area is 96.7 Å². The summed E-state index contributed by atoms with van der Waals surface area (Å²) < 4.78 is 0. The number of hydrogen-bond acceptors (Lipinski definition) is 0. The Balaban J connectivity index is 0. The second-order valence-corrected chi connectivity index (χ2v) is 0. The zero-order valence-corrected chi connectivity index (χ0v) is 9.79. The average molecular weight is 330 g/mol. The zero-order valence-electron chi connectivity index (χ0n) is 2.38. The van der Waals surface area contributed by atoms with Gasteiger partial charge >= 0.3 is 82.6 Å². The molecular weight excluding hydrogens is 330 g/mol. The molecule has 0 aliphatic heterocycles. The van der Waals surface area contributed by atoms with E-state index in [1.54, 1.807) is 0 Å². The first kappa shape index (κ1) is 48.9. The first-order chi connectivity index (χ1) is 0. The van der Waals surface area contributed by atoms with Crippen LogP contribution in [0.25, 0.3) is 0 Å². The maximum absolute atomic E-state index is 0. The summed E-state index contributed by atoms with van der Waals surface area (Å²) in [6.07, 6.45) is 0. The summed E-state index contributed by atoms with van der Waals surface area (Å²) in [5, 5.41) is 0. The van der Waals surface area contributed by atoms with E-state index in [9.17, 15) is 0 Å². The molecule has 0 radical (unpaired) electrons. The van der Waals surface area contributed by atoms with Crippen molar-refractivity contribution in [1.29, 1.82) is 0 Å². The Kier molecular flexibility index (Phi) is 299. The Morgan fingerprint density at radius 1 is 0.400 bits per heavy atom. The van der Waals surface area contributed by atoms with Crippen LogP contribution in [0.1, 0.15) is 0 Å². The second kappa shape index (κ2) is 30.6. The monoisotopic (exact) mass is 330 g/mol. The molecule has 0 bridgehead atoms. The predicted octanol–water partition coefficient (Wildman–Crippen LogP) is -0.356. The third kappa shape index (κ3) is 20.6. The van der Waals surface area contributed by atoms with Crippen molar-refractivity contribution in [3.05, 3.63) is 0 Å². The quantitative estimate of drug-likeness (QED) is 0.581. The molecule has 0 saturated carbocycles. The van der Waals surface area contributed by atoms with Crippen LogP contribution >= 0.6 is 0 Å². The first-order valence-electron chi connectivity index (χ1n) is 0. The van der Waals surface area contributed by atoms with Gasteiger partial charge in [-0.15, -0.1) is 0 Å². The van der Waals surface area contributed by atoms with Gasteiger partial charge in [0.2, 0.25) is 0 Å². The van der Waals surface area contributed by atoms with Crippen LogP contribution in [0.5, 0.6) is 0 Å². The molecule has 3 nitrogen and oxygen atoms in total. The molecule has 0 unspecified atom stereocenters. The third-order valence-corrected chi connectivity index (χ3v) is 0. The standard InChI is InChI=1S/3O.2Pr/q3*-2;2*+3. The molecule has 0 aromatic heterocycles. The van der Waals surface area contributed by atoms with Crippen molar-refractivity contribution in [2.75, 3.05) is 0 Å². The Hall–Kier alpha value is 2.61. The van der Waals surface area contributed by atoms with Gasteiger partial charge in [-0.1, -0.05) is 0 Å². The van der Waals surface area contributed by atoms with E-state index in [-0.39, 0.29) is 99.0 Å². The van der Waals surface area contributed by atoms with Crippen LogP contribution in [0.3, 0.4) is 0 Å². The molecule has 0 rings (SSSR count). The Morgan fingerprint density at radius 2 is 0.400 bits per heavy atom. The van der Waals surface area contributed by atoms with Gasteiger partial charge < -0.3 is 16.4 Å². The maximum atomic E-state index is 0. The molecule has 0 aliphatic carbocycles. The summed E-state index contributed by atoms with van der Waals surface area (Å²) in [5.41, 5.74) is 0. The van der Waals surface area contributed by atoms with Crippen molar-refractivity contribution in [2.24, 2.45) is 0 Å². The van der Waals surface area contributed by atoms with Crippen molar-refractivity contribution in [3.8, 4) is 0 Å². The minimum Gasteiger partial charge on any atom is -2.00 e. The zero-order chi connectivity index (χ0) is 0. The minimum absolute atomic E-state index is 0. The van der Waals surface area contributed by atoms with Crippen molar-refractivity contribution < 1.29 is 99.0 Å². The van der Waals surface area contributed by atoms with E-state index >= 15 is 0 Å². The van der Waals surface area contributed by atoms with Crippen molar-refractivity contribution >= 4 is 0 Å². The molecular formula is O3Pr2. The van der Waals surface area contributed by atoms with Gasteiger partial charge in [0, 0.05) is 0 Å². The van der Waals surface area contributed by atoms with E-state index in [1.807, 2.05) is 0 Å². The molecule has 0 atom stereocenters. The van der Waals surface area contributed by atoms with E-state index in [2.05, 4.69) is 0 Å². The summed E-state index contributed by atoms with van der Waals surface area (Å²) in [7, 11) is 0. The molecule has 0 spiro atoms.